The van der Waals surface area contributed by atoms with E-state index in [1.807, 2.05) is 0 Å². The molecular weight excluding hydrogens is 488 g/mol. The van der Waals surface area contributed by atoms with E-state index in [-0.39, 0.29) is 29.5 Å². The molecule has 2 atom stereocenters. The molecule has 0 bridgehead atoms. The smallest absolute Gasteiger partial charge is 0.261 e. The predicted octanol–water partition coefficient (Wildman–Crippen LogP) is 3.07. The number of rotatable bonds is 6. The molecule has 1 saturated carbocycles. The summed E-state index contributed by atoms with van der Waals surface area (Å²) in [5.41, 5.74) is 1.24. The Morgan fingerprint density at radius 1 is 0.914 bits per heavy atom. The number of piperidine rings is 1. The largest absolute Gasteiger partial charge is 0.345 e. The highest BCUT2D eigenvalue weighted by atomic mass is 35.5. The fourth-order valence-electron chi connectivity index (χ4n) is 4.66. The van der Waals surface area contributed by atoms with Crippen LogP contribution in [0.4, 0.5) is 5.69 Å². The maximum absolute atomic E-state index is 13.1. The third kappa shape index (κ3) is 5.36. The van der Waals surface area contributed by atoms with Gasteiger partial charge in [0.05, 0.1) is 21.3 Å². The Kier molecular flexibility index (Phi) is 6.80. The van der Waals surface area contributed by atoms with Crippen molar-refractivity contribution in [1.29, 1.82) is 0 Å². The number of nitrogens with one attached hydrogen (secondary N) is 2. The molecule has 1 aromatic carbocycles. The fourth-order valence-corrected chi connectivity index (χ4v) is 5.61. The van der Waals surface area contributed by atoms with Gasteiger partial charge in [-0.3, -0.25) is 19.2 Å². The summed E-state index contributed by atoms with van der Waals surface area (Å²) < 4.78 is 0.520. The lowest BCUT2D eigenvalue weighted by molar-refractivity contribution is -0.131. The number of hydrogen-bond acceptors (Lipinski definition) is 5. The van der Waals surface area contributed by atoms with Gasteiger partial charge in [-0.05, 0) is 62.1 Å². The molecule has 10 heteroatoms. The van der Waals surface area contributed by atoms with Gasteiger partial charge in [0.1, 0.15) is 0 Å². The molecule has 3 fully saturated rings. The Labute approximate surface area is 212 Å². The van der Waals surface area contributed by atoms with Crippen LogP contribution in [0.3, 0.4) is 0 Å². The van der Waals surface area contributed by atoms with Crippen LogP contribution in [-0.2, 0) is 9.59 Å². The van der Waals surface area contributed by atoms with Crippen molar-refractivity contribution in [2.75, 3.05) is 24.5 Å². The summed E-state index contributed by atoms with van der Waals surface area (Å²) >= 11 is 7.15. The van der Waals surface area contributed by atoms with Gasteiger partial charge in [-0.2, -0.15) is 0 Å². The topological polar surface area (TPSA) is 98.8 Å². The van der Waals surface area contributed by atoms with Gasteiger partial charge in [-0.1, -0.05) is 11.6 Å². The monoisotopic (exact) mass is 514 g/mol. The highest BCUT2D eigenvalue weighted by Crippen LogP contribution is 2.32. The van der Waals surface area contributed by atoms with Gasteiger partial charge in [0.15, 0.2) is 0 Å². The van der Waals surface area contributed by atoms with Crippen LogP contribution < -0.4 is 15.5 Å². The van der Waals surface area contributed by atoms with E-state index >= 15 is 0 Å². The SMILES string of the molecule is O=C(N[C@H]1CN(C(=O)C2CC2)C[C@H]1NC(=O)c1ccc(Cl)s1)c1ccc(N2CCCCC2=O)cc1. The van der Waals surface area contributed by atoms with Gasteiger partial charge >= 0.3 is 0 Å². The number of thiophene rings is 1. The number of hydrogen-bond donors (Lipinski definition) is 2. The molecule has 3 aliphatic rings. The first-order chi connectivity index (χ1) is 16.9. The van der Waals surface area contributed by atoms with Crippen LogP contribution in [0.5, 0.6) is 0 Å². The van der Waals surface area contributed by atoms with Crippen molar-refractivity contribution in [2.24, 2.45) is 5.92 Å². The molecule has 1 aromatic heterocycles. The minimum Gasteiger partial charge on any atom is -0.345 e. The molecule has 4 amide bonds. The second-order valence-electron chi connectivity index (χ2n) is 9.33. The maximum Gasteiger partial charge on any atom is 0.261 e. The van der Waals surface area contributed by atoms with Crippen molar-refractivity contribution < 1.29 is 19.2 Å². The molecule has 8 nitrogen and oxygen atoms in total. The van der Waals surface area contributed by atoms with Gasteiger partial charge in [-0.25, -0.2) is 0 Å². The second kappa shape index (κ2) is 9.99. The standard InChI is InChI=1S/C25H27ClN4O4S/c26-21-11-10-20(35-21)24(33)28-19-14-29(25(34)16-4-5-16)13-18(19)27-23(32)15-6-8-17(9-7-15)30-12-2-1-3-22(30)31/h6-11,16,18-19H,1-5,12-14H2,(H,27,32)(H,28,33)/t18-,19+/m0/s1. The van der Waals surface area contributed by atoms with E-state index in [4.69, 9.17) is 11.6 Å². The van der Waals surface area contributed by atoms with Crippen LogP contribution in [0.25, 0.3) is 0 Å². The number of carbonyl (C=O) groups excluding carboxylic acids is 4. The van der Waals surface area contributed by atoms with Crippen molar-refractivity contribution in [3.63, 3.8) is 0 Å². The third-order valence-corrected chi connectivity index (χ3v) is 7.98. The lowest BCUT2D eigenvalue weighted by atomic mass is 10.1. The Balaban J connectivity index is 1.27. The first kappa shape index (κ1) is 23.8. The van der Waals surface area contributed by atoms with Crippen molar-refractivity contribution in [3.05, 3.63) is 51.2 Å². The summed E-state index contributed by atoms with van der Waals surface area (Å²) in [4.78, 5) is 54.6. The second-order valence-corrected chi connectivity index (χ2v) is 11.0. The average Bonchev–Trinajstić information content (AvgIpc) is 3.50. The van der Waals surface area contributed by atoms with E-state index < -0.39 is 12.1 Å². The number of anilines is 1. The van der Waals surface area contributed by atoms with E-state index in [0.29, 0.717) is 40.8 Å². The van der Waals surface area contributed by atoms with Crippen LogP contribution >= 0.6 is 22.9 Å². The minimum absolute atomic E-state index is 0.0574. The van der Waals surface area contributed by atoms with Crippen LogP contribution in [0.15, 0.2) is 36.4 Å². The molecule has 2 saturated heterocycles. The van der Waals surface area contributed by atoms with Gasteiger partial charge < -0.3 is 20.4 Å². The summed E-state index contributed by atoms with van der Waals surface area (Å²) in [6.45, 7) is 1.38. The lowest BCUT2D eigenvalue weighted by Crippen LogP contribution is -2.50. The summed E-state index contributed by atoms with van der Waals surface area (Å²) in [7, 11) is 0. The van der Waals surface area contributed by atoms with E-state index in [1.54, 1.807) is 46.2 Å². The van der Waals surface area contributed by atoms with Crippen molar-refractivity contribution in [3.8, 4) is 0 Å². The van der Waals surface area contributed by atoms with Gasteiger partial charge in [0, 0.05) is 43.2 Å². The van der Waals surface area contributed by atoms with E-state index in [1.165, 1.54) is 11.3 Å². The molecule has 1 aliphatic carbocycles. The van der Waals surface area contributed by atoms with E-state index in [0.717, 1.165) is 31.4 Å². The summed E-state index contributed by atoms with van der Waals surface area (Å²) in [6.07, 6.45) is 4.21. The molecule has 2 N–H and O–H groups in total. The number of carbonyl (C=O) groups is 4. The molecule has 0 spiro atoms. The first-order valence-corrected chi connectivity index (χ1v) is 13.1. The van der Waals surface area contributed by atoms with Crippen LogP contribution in [0.1, 0.15) is 52.1 Å². The number of amides is 4. The number of likely N-dealkylation sites (tertiary alicyclic amines) is 1. The first-order valence-electron chi connectivity index (χ1n) is 12.0. The van der Waals surface area contributed by atoms with Gasteiger partial charge in [0.25, 0.3) is 11.8 Å². The molecule has 5 rings (SSSR count). The van der Waals surface area contributed by atoms with Crippen molar-refractivity contribution in [1.82, 2.24) is 15.5 Å². The molecule has 3 heterocycles. The van der Waals surface area contributed by atoms with E-state index in [9.17, 15) is 19.2 Å². The molecule has 2 aromatic rings. The number of halogens is 1. The van der Waals surface area contributed by atoms with Crippen LogP contribution in [0, 0.1) is 5.92 Å². The Morgan fingerprint density at radius 2 is 1.60 bits per heavy atom. The van der Waals surface area contributed by atoms with E-state index in [2.05, 4.69) is 10.6 Å². The van der Waals surface area contributed by atoms with Crippen LogP contribution in [0.2, 0.25) is 4.34 Å². The molecule has 0 unspecified atom stereocenters. The average molecular weight is 515 g/mol. The lowest BCUT2D eigenvalue weighted by Gasteiger charge is -2.27. The summed E-state index contributed by atoms with van der Waals surface area (Å²) in [5.74, 6) is -0.323. The minimum atomic E-state index is -0.423. The molecule has 0 radical (unpaired) electrons. The quantitative estimate of drug-likeness (QED) is 0.619. The zero-order valence-corrected chi connectivity index (χ0v) is 20.7. The summed E-state index contributed by atoms with van der Waals surface area (Å²) in [6, 6.07) is 9.47. The van der Waals surface area contributed by atoms with Crippen molar-refractivity contribution >= 4 is 52.3 Å². The predicted molar refractivity (Wildman–Crippen MR) is 134 cm³/mol. The number of benzene rings is 1. The molecule has 184 valence electrons. The number of nitrogens with zero attached hydrogens (tertiary/aromatic N) is 2. The maximum atomic E-state index is 13.1. The van der Waals surface area contributed by atoms with Crippen molar-refractivity contribution in [2.45, 2.75) is 44.2 Å². The molecule has 2 aliphatic heterocycles. The zero-order chi connectivity index (χ0) is 24.5. The van der Waals surface area contributed by atoms with Gasteiger partial charge in [-0.15, -0.1) is 11.3 Å². The Morgan fingerprint density at radius 3 is 2.20 bits per heavy atom. The third-order valence-electron chi connectivity index (χ3n) is 6.75. The zero-order valence-electron chi connectivity index (χ0n) is 19.2. The Hall–Kier alpha value is -2.91. The highest BCUT2D eigenvalue weighted by molar-refractivity contribution is 7.18. The summed E-state index contributed by atoms with van der Waals surface area (Å²) in [5, 5.41) is 5.99. The molecule has 35 heavy (non-hydrogen) atoms. The fraction of sp³-hybridized carbons (Fsp3) is 0.440. The highest BCUT2D eigenvalue weighted by Gasteiger charge is 2.42. The normalized spacial score (nSPS) is 22.3. The Bertz CT molecular complexity index is 1150. The van der Waals surface area contributed by atoms with Gasteiger partial charge in [0.2, 0.25) is 11.8 Å². The van der Waals surface area contributed by atoms with Crippen LogP contribution in [-0.4, -0.2) is 60.2 Å². The molecular formula is C25H27ClN4O4S.